The predicted octanol–water partition coefficient (Wildman–Crippen LogP) is 1.66. The maximum Gasteiger partial charge on any atom is 0.271 e. The Morgan fingerprint density at radius 1 is 1.47 bits per heavy atom. The Labute approximate surface area is 88.4 Å². The van der Waals surface area contributed by atoms with E-state index < -0.39 is 0 Å². The van der Waals surface area contributed by atoms with E-state index in [0.29, 0.717) is 6.54 Å². The Kier molecular flexibility index (Phi) is 4.05. The van der Waals surface area contributed by atoms with Gasteiger partial charge in [0.25, 0.3) is 5.69 Å². The van der Waals surface area contributed by atoms with Crippen molar-refractivity contribution in [1.29, 1.82) is 0 Å². The zero-order valence-corrected chi connectivity index (χ0v) is 8.69. The number of nitrogens with one attached hydrogen (secondary N) is 1. The molecule has 0 atom stereocenters. The molecule has 0 radical (unpaired) electrons. The Morgan fingerprint density at radius 3 is 2.80 bits per heavy atom. The van der Waals surface area contributed by atoms with E-state index in [1.54, 1.807) is 6.07 Å². The molecule has 0 aromatic heterocycles. The number of anilines is 1. The minimum absolute atomic E-state index is 0.116. The Morgan fingerprint density at radius 2 is 2.20 bits per heavy atom. The van der Waals surface area contributed by atoms with Gasteiger partial charge in [-0.25, -0.2) is 0 Å². The molecule has 15 heavy (non-hydrogen) atoms. The first kappa shape index (κ1) is 11.5. The fourth-order valence-corrected chi connectivity index (χ4v) is 1.31. The fraction of sp³-hybridized carbons (Fsp3) is 0.400. The number of non-ortho nitro benzene ring substituents is 1. The molecule has 0 aliphatic heterocycles. The van der Waals surface area contributed by atoms with Crippen LogP contribution in [-0.4, -0.2) is 18.0 Å². The summed E-state index contributed by atoms with van der Waals surface area (Å²) in [6.07, 6.45) is 0.849. The molecule has 3 N–H and O–H groups in total. The van der Waals surface area contributed by atoms with E-state index in [-0.39, 0.29) is 10.6 Å². The van der Waals surface area contributed by atoms with Crippen LogP contribution in [0.2, 0.25) is 0 Å². The first-order valence-corrected chi connectivity index (χ1v) is 4.83. The van der Waals surface area contributed by atoms with E-state index in [2.05, 4.69) is 5.32 Å². The molecular weight excluding hydrogens is 194 g/mol. The van der Waals surface area contributed by atoms with E-state index >= 15 is 0 Å². The van der Waals surface area contributed by atoms with Gasteiger partial charge in [-0.3, -0.25) is 10.1 Å². The van der Waals surface area contributed by atoms with Crippen molar-refractivity contribution in [2.24, 2.45) is 5.73 Å². The zero-order chi connectivity index (χ0) is 11.3. The summed E-state index contributed by atoms with van der Waals surface area (Å²) in [5.74, 6) is 0. The average Bonchev–Trinajstić information content (AvgIpc) is 2.17. The fourth-order valence-electron chi connectivity index (χ4n) is 1.31. The van der Waals surface area contributed by atoms with Crippen molar-refractivity contribution in [3.8, 4) is 0 Å². The molecule has 0 heterocycles. The van der Waals surface area contributed by atoms with Crippen LogP contribution in [-0.2, 0) is 0 Å². The predicted molar refractivity (Wildman–Crippen MR) is 60.0 cm³/mol. The lowest BCUT2D eigenvalue weighted by Gasteiger charge is -2.06. The molecule has 0 unspecified atom stereocenters. The summed E-state index contributed by atoms with van der Waals surface area (Å²) < 4.78 is 0. The molecule has 0 fully saturated rings. The highest BCUT2D eigenvalue weighted by Gasteiger charge is 2.07. The van der Waals surface area contributed by atoms with Crippen LogP contribution >= 0.6 is 0 Å². The van der Waals surface area contributed by atoms with Gasteiger partial charge in [0.15, 0.2) is 0 Å². The van der Waals surface area contributed by atoms with E-state index in [9.17, 15) is 10.1 Å². The third-order valence-electron chi connectivity index (χ3n) is 1.98. The third kappa shape index (κ3) is 3.55. The monoisotopic (exact) mass is 209 g/mol. The van der Waals surface area contributed by atoms with E-state index in [0.717, 1.165) is 24.2 Å². The smallest absolute Gasteiger partial charge is 0.271 e. The minimum Gasteiger partial charge on any atom is -0.385 e. The van der Waals surface area contributed by atoms with Crippen molar-refractivity contribution < 1.29 is 4.92 Å². The minimum atomic E-state index is -0.388. The summed E-state index contributed by atoms with van der Waals surface area (Å²) in [6.45, 7) is 3.18. The van der Waals surface area contributed by atoms with Gasteiger partial charge in [-0.05, 0) is 31.5 Å². The summed E-state index contributed by atoms with van der Waals surface area (Å²) in [5.41, 5.74) is 7.12. The number of hydrogen-bond donors (Lipinski definition) is 2. The number of nitro groups is 1. The van der Waals surface area contributed by atoms with Crippen molar-refractivity contribution in [3.05, 3.63) is 33.9 Å². The highest BCUT2D eigenvalue weighted by Crippen LogP contribution is 2.20. The van der Waals surface area contributed by atoms with Gasteiger partial charge in [0, 0.05) is 24.4 Å². The molecule has 1 aromatic rings. The Balaban J connectivity index is 2.75. The molecule has 0 spiro atoms. The number of aryl methyl sites for hydroxylation is 1. The first-order chi connectivity index (χ1) is 7.13. The van der Waals surface area contributed by atoms with Gasteiger partial charge in [-0.15, -0.1) is 0 Å². The lowest BCUT2D eigenvalue weighted by Crippen LogP contribution is -2.08. The summed E-state index contributed by atoms with van der Waals surface area (Å²) in [6, 6.07) is 4.96. The second-order valence-corrected chi connectivity index (χ2v) is 3.38. The number of nitrogens with two attached hydrogens (primary N) is 1. The van der Waals surface area contributed by atoms with Crippen LogP contribution < -0.4 is 11.1 Å². The highest BCUT2D eigenvalue weighted by atomic mass is 16.6. The molecule has 0 aliphatic rings. The Hall–Kier alpha value is -1.62. The topological polar surface area (TPSA) is 81.2 Å². The second kappa shape index (κ2) is 5.31. The van der Waals surface area contributed by atoms with Crippen LogP contribution in [0.1, 0.15) is 12.0 Å². The second-order valence-electron chi connectivity index (χ2n) is 3.38. The third-order valence-corrected chi connectivity index (χ3v) is 1.98. The number of nitro benzene ring substituents is 1. The van der Waals surface area contributed by atoms with Gasteiger partial charge in [-0.1, -0.05) is 0 Å². The molecule has 1 aromatic carbocycles. The van der Waals surface area contributed by atoms with Crippen LogP contribution in [0.4, 0.5) is 11.4 Å². The molecule has 1 rings (SSSR count). The van der Waals surface area contributed by atoms with Crippen molar-refractivity contribution in [2.45, 2.75) is 13.3 Å². The average molecular weight is 209 g/mol. The van der Waals surface area contributed by atoms with Crippen LogP contribution in [0.15, 0.2) is 18.2 Å². The molecule has 82 valence electrons. The SMILES string of the molecule is Cc1cc(NCCCN)cc([N+](=O)[O-])c1. The summed E-state index contributed by atoms with van der Waals surface area (Å²) in [4.78, 5) is 10.2. The lowest BCUT2D eigenvalue weighted by atomic mass is 10.2. The van der Waals surface area contributed by atoms with E-state index in [1.807, 2.05) is 13.0 Å². The van der Waals surface area contributed by atoms with Crippen LogP contribution in [0.25, 0.3) is 0 Å². The number of rotatable bonds is 5. The zero-order valence-electron chi connectivity index (χ0n) is 8.69. The molecule has 0 saturated heterocycles. The first-order valence-electron chi connectivity index (χ1n) is 4.83. The normalized spacial score (nSPS) is 10.0. The molecule has 0 amide bonds. The van der Waals surface area contributed by atoms with E-state index in [1.165, 1.54) is 6.07 Å². The maximum atomic E-state index is 10.6. The Bertz CT molecular complexity index is 353. The molecular formula is C10H15N3O2. The molecule has 0 saturated carbocycles. The van der Waals surface area contributed by atoms with Crippen LogP contribution in [0.5, 0.6) is 0 Å². The summed E-state index contributed by atoms with van der Waals surface area (Å²) >= 11 is 0. The highest BCUT2D eigenvalue weighted by molar-refractivity contribution is 5.53. The van der Waals surface area contributed by atoms with Gasteiger partial charge in [0.1, 0.15) is 0 Å². The molecule has 0 bridgehead atoms. The van der Waals surface area contributed by atoms with Gasteiger partial charge < -0.3 is 11.1 Å². The maximum absolute atomic E-state index is 10.6. The molecule has 5 heteroatoms. The van der Waals surface area contributed by atoms with Gasteiger partial charge >= 0.3 is 0 Å². The number of nitrogens with zero attached hydrogens (tertiary/aromatic N) is 1. The van der Waals surface area contributed by atoms with Crippen molar-refractivity contribution in [3.63, 3.8) is 0 Å². The number of benzene rings is 1. The quantitative estimate of drug-likeness (QED) is 0.439. The largest absolute Gasteiger partial charge is 0.385 e. The van der Waals surface area contributed by atoms with Gasteiger partial charge in [0.05, 0.1) is 4.92 Å². The van der Waals surface area contributed by atoms with Gasteiger partial charge in [-0.2, -0.15) is 0 Å². The van der Waals surface area contributed by atoms with Gasteiger partial charge in [0.2, 0.25) is 0 Å². The van der Waals surface area contributed by atoms with Crippen LogP contribution in [0, 0.1) is 17.0 Å². The van der Waals surface area contributed by atoms with Crippen molar-refractivity contribution in [2.75, 3.05) is 18.4 Å². The van der Waals surface area contributed by atoms with Crippen molar-refractivity contribution in [1.82, 2.24) is 0 Å². The number of hydrogen-bond acceptors (Lipinski definition) is 4. The molecule has 0 aliphatic carbocycles. The van der Waals surface area contributed by atoms with E-state index in [4.69, 9.17) is 5.73 Å². The summed E-state index contributed by atoms with van der Waals surface area (Å²) in [7, 11) is 0. The summed E-state index contributed by atoms with van der Waals surface area (Å²) in [5, 5.41) is 13.7. The lowest BCUT2D eigenvalue weighted by molar-refractivity contribution is -0.384. The standard InChI is InChI=1S/C10H15N3O2/c1-8-5-9(12-4-2-3-11)7-10(6-8)13(14)15/h5-7,12H,2-4,11H2,1H3. The van der Waals surface area contributed by atoms with Crippen LogP contribution in [0.3, 0.4) is 0 Å². The van der Waals surface area contributed by atoms with Crippen molar-refractivity contribution >= 4 is 11.4 Å². The molecule has 5 nitrogen and oxygen atoms in total.